The molecule has 8 heteroatoms. The van der Waals surface area contributed by atoms with Gasteiger partial charge in [-0.1, -0.05) is 41.9 Å². The van der Waals surface area contributed by atoms with Crippen molar-refractivity contribution in [3.63, 3.8) is 0 Å². The molecule has 3 aromatic rings. The summed E-state index contributed by atoms with van der Waals surface area (Å²) < 4.78 is 25.9. The summed E-state index contributed by atoms with van der Waals surface area (Å²) in [5, 5.41) is 0.612. The molecule has 3 rings (SSSR count). The van der Waals surface area contributed by atoms with Crippen molar-refractivity contribution in [1.82, 2.24) is 9.29 Å². The first-order valence-corrected chi connectivity index (χ1v) is 11.1. The molecule has 2 aromatic carbocycles. The average Bonchev–Trinajstić information content (AvgIpc) is 2.74. The normalized spacial score (nSPS) is 11.5. The van der Waals surface area contributed by atoms with Gasteiger partial charge in [-0.25, -0.2) is 17.7 Å². The molecule has 30 heavy (non-hydrogen) atoms. The number of hydrogen-bond acceptors (Lipinski definition) is 5. The van der Waals surface area contributed by atoms with Gasteiger partial charge in [0.1, 0.15) is 5.82 Å². The van der Waals surface area contributed by atoms with Crippen molar-refractivity contribution in [3.05, 3.63) is 89.1 Å². The Morgan fingerprint density at radius 1 is 1.00 bits per heavy atom. The molecular formula is C22H22ClN3O3S. The van der Waals surface area contributed by atoms with E-state index in [1.165, 1.54) is 26.2 Å². The summed E-state index contributed by atoms with van der Waals surface area (Å²) in [5.74, 6) is 0.432. The summed E-state index contributed by atoms with van der Waals surface area (Å²) in [6, 6.07) is 19.0. The van der Waals surface area contributed by atoms with E-state index in [9.17, 15) is 13.2 Å². The van der Waals surface area contributed by atoms with Gasteiger partial charge in [-0.2, -0.15) is 0 Å². The van der Waals surface area contributed by atoms with Crippen LogP contribution in [0.1, 0.15) is 15.9 Å². The van der Waals surface area contributed by atoms with Gasteiger partial charge in [0, 0.05) is 37.4 Å². The van der Waals surface area contributed by atoms with E-state index in [0.717, 1.165) is 9.87 Å². The van der Waals surface area contributed by atoms with Crippen LogP contribution in [-0.2, 0) is 16.6 Å². The number of rotatable bonds is 8. The fourth-order valence-corrected chi connectivity index (χ4v) is 4.08. The number of benzene rings is 2. The van der Waals surface area contributed by atoms with Crippen LogP contribution in [0.15, 0.2) is 77.8 Å². The van der Waals surface area contributed by atoms with Gasteiger partial charge in [0.05, 0.1) is 11.4 Å². The first-order valence-electron chi connectivity index (χ1n) is 9.23. The third-order valence-corrected chi connectivity index (χ3v) is 6.55. The SMILES string of the molecule is CN(C)S(=O)(=O)c1cccc(C(=O)CN(Cc2cccc(Cl)c2)c2ccccn2)c1. The van der Waals surface area contributed by atoms with Crippen molar-refractivity contribution >= 4 is 33.2 Å². The second kappa shape index (κ2) is 9.38. The first-order chi connectivity index (χ1) is 14.3. The number of halogens is 1. The van der Waals surface area contributed by atoms with Crippen molar-refractivity contribution in [1.29, 1.82) is 0 Å². The summed E-state index contributed by atoms with van der Waals surface area (Å²) >= 11 is 6.10. The third-order valence-electron chi connectivity index (χ3n) is 4.50. The number of nitrogens with zero attached hydrogens (tertiary/aromatic N) is 3. The van der Waals surface area contributed by atoms with Crippen molar-refractivity contribution in [2.45, 2.75) is 11.4 Å². The van der Waals surface area contributed by atoms with Crippen molar-refractivity contribution < 1.29 is 13.2 Å². The third kappa shape index (κ3) is 5.24. The Morgan fingerprint density at radius 2 is 1.77 bits per heavy atom. The van der Waals surface area contributed by atoms with E-state index in [1.54, 1.807) is 30.5 Å². The highest BCUT2D eigenvalue weighted by atomic mass is 35.5. The molecule has 0 saturated carbocycles. The Morgan fingerprint density at radius 3 is 2.43 bits per heavy atom. The number of Topliss-reactive ketones (excluding diaryl/α,β-unsaturated/α-hetero) is 1. The predicted octanol–water partition coefficient (Wildman–Crippen LogP) is 3.87. The van der Waals surface area contributed by atoms with Gasteiger partial charge in [-0.15, -0.1) is 0 Å². The minimum absolute atomic E-state index is 0.0367. The van der Waals surface area contributed by atoms with E-state index in [-0.39, 0.29) is 17.2 Å². The molecule has 0 unspecified atom stereocenters. The number of carbonyl (C=O) groups excluding carboxylic acids is 1. The number of hydrogen-bond donors (Lipinski definition) is 0. The van der Waals surface area contributed by atoms with Crippen LogP contribution in [-0.4, -0.2) is 44.1 Å². The molecule has 0 bridgehead atoms. The van der Waals surface area contributed by atoms with E-state index in [0.29, 0.717) is 22.9 Å². The number of ketones is 1. The summed E-state index contributed by atoms with van der Waals surface area (Å²) in [6.07, 6.45) is 1.66. The molecule has 0 N–H and O–H groups in total. The summed E-state index contributed by atoms with van der Waals surface area (Å²) in [5.41, 5.74) is 1.26. The first kappa shape index (κ1) is 22.0. The molecule has 0 fully saturated rings. The number of carbonyl (C=O) groups is 1. The summed E-state index contributed by atoms with van der Waals surface area (Å²) in [4.78, 5) is 19.3. The molecule has 1 aromatic heterocycles. The van der Waals surface area contributed by atoms with Crippen LogP contribution >= 0.6 is 11.6 Å². The fourth-order valence-electron chi connectivity index (χ4n) is 2.92. The average molecular weight is 444 g/mol. The highest BCUT2D eigenvalue weighted by Gasteiger charge is 2.20. The lowest BCUT2D eigenvalue weighted by Gasteiger charge is -2.23. The van der Waals surface area contributed by atoms with Gasteiger partial charge in [0.25, 0.3) is 0 Å². The number of anilines is 1. The largest absolute Gasteiger partial charge is 0.345 e. The Labute approximate surface area is 181 Å². The van der Waals surface area contributed by atoms with Crippen molar-refractivity contribution in [2.24, 2.45) is 0 Å². The predicted molar refractivity (Wildman–Crippen MR) is 118 cm³/mol. The molecule has 0 amide bonds. The number of pyridine rings is 1. The molecule has 0 aliphatic rings. The molecule has 0 aliphatic carbocycles. The number of aromatic nitrogens is 1. The Bertz CT molecular complexity index is 1140. The van der Waals surface area contributed by atoms with Crippen LogP contribution in [0.2, 0.25) is 5.02 Å². The fraction of sp³-hybridized carbons (Fsp3) is 0.182. The highest BCUT2D eigenvalue weighted by Crippen LogP contribution is 2.19. The zero-order valence-electron chi connectivity index (χ0n) is 16.7. The standard InChI is InChI=1S/C22H22ClN3O3S/c1-25(2)30(28,29)20-10-6-8-18(14-20)21(27)16-26(22-11-3-4-12-24-22)15-17-7-5-9-19(23)13-17/h3-14H,15-16H2,1-2H3. The second-order valence-electron chi connectivity index (χ2n) is 6.91. The minimum atomic E-state index is -3.63. The van der Waals surface area contributed by atoms with Crippen LogP contribution in [0.3, 0.4) is 0 Å². The Kier molecular flexibility index (Phi) is 6.87. The van der Waals surface area contributed by atoms with Crippen LogP contribution in [0.4, 0.5) is 5.82 Å². The van der Waals surface area contributed by atoms with Gasteiger partial charge in [0.15, 0.2) is 5.78 Å². The molecule has 0 aliphatic heterocycles. The van der Waals surface area contributed by atoms with Crippen LogP contribution in [0.25, 0.3) is 0 Å². The van der Waals surface area contributed by atoms with Crippen LogP contribution in [0.5, 0.6) is 0 Å². The van der Waals surface area contributed by atoms with E-state index < -0.39 is 10.0 Å². The maximum absolute atomic E-state index is 13.0. The second-order valence-corrected chi connectivity index (χ2v) is 9.50. The monoisotopic (exact) mass is 443 g/mol. The minimum Gasteiger partial charge on any atom is -0.345 e. The molecule has 156 valence electrons. The molecule has 1 heterocycles. The summed E-state index contributed by atoms with van der Waals surface area (Å²) in [7, 11) is -0.714. The molecular weight excluding hydrogens is 422 g/mol. The van der Waals surface area contributed by atoms with Gasteiger partial charge < -0.3 is 4.90 Å². The molecule has 0 saturated heterocycles. The molecule has 0 atom stereocenters. The van der Waals surface area contributed by atoms with E-state index in [4.69, 9.17) is 11.6 Å². The maximum Gasteiger partial charge on any atom is 0.242 e. The van der Waals surface area contributed by atoms with Crippen molar-refractivity contribution in [3.8, 4) is 0 Å². The Hall–Kier alpha value is -2.74. The number of sulfonamides is 1. The zero-order valence-corrected chi connectivity index (χ0v) is 18.3. The van der Waals surface area contributed by atoms with Crippen LogP contribution < -0.4 is 4.90 Å². The van der Waals surface area contributed by atoms with Crippen molar-refractivity contribution in [2.75, 3.05) is 25.5 Å². The lowest BCUT2D eigenvalue weighted by atomic mass is 10.1. The maximum atomic E-state index is 13.0. The van der Waals surface area contributed by atoms with E-state index in [2.05, 4.69) is 4.98 Å². The molecule has 6 nitrogen and oxygen atoms in total. The van der Waals surface area contributed by atoms with Gasteiger partial charge in [0.2, 0.25) is 10.0 Å². The molecule has 0 spiro atoms. The summed E-state index contributed by atoms with van der Waals surface area (Å²) in [6.45, 7) is 0.466. The lowest BCUT2D eigenvalue weighted by molar-refractivity contribution is 0.0998. The Balaban J connectivity index is 1.88. The van der Waals surface area contributed by atoms with Gasteiger partial charge >= 0.3 is 0 Å². The topological polar surface area (TPSA) is 70.6 Å². The van der Waals surface area contributed by atoms with Gasteiger partial charge in [-0.05, 0) is 42.0 Å². The zero-order chi connectivity index (χ0) is 21.7. The molecule has 0 radical (unpaired) electrons. The quantitative estimate of drug-likeness (QED) is 0.494. The van der Waals surface area contributed by atoms with Crippen LogP contribution in [0, 0.1) is 0 Å². The lowest BCUT2D eigenvalue weighted by Crippen LogP contribution is -2.30. The van der Waals surface area contributed by atoms with Gasteiger partial charge in [-0.3, -0.25) is 4.79 Å². The van der Waals surface area contributed by atoms with E-state index >= 15 is 0 Å². The smallest absolute Gasteiger partial charge is 0.242 e. The van der Waals surface area contributed by atoms with E-state index in [1.807, 2.05) is 35.2 Å². The highest BCUT2D eigenvalue weighted by molar-refractivity contribution is 7.89.